The first-order valence-corrected chi connectivity index (χ1v) is 8.92. The largest absolute Gasteiger partial charge is 0.454 e. The lowest BCUT2D eigenvalue weighted by Crippen LogP contribution is -2.35. The van der Waals surface area contributed by atoms with E-state index >= 15 is 0 Å². The number of benzene rings is 2. The Balaban J connectivity index is 0.00000100. The van der Waals surface area contributed by atoms with Gasteiger partial charge < -0.3 is 9.47 Å². The van der Waals surface area contributed by atoms with Crippen molar-refractivity contribution in [1.29, 1.82) is 5.41 Å². The molecule has 2 aromatic rings. The fourth-order valence-corrected chi connectivity index (χ4v) is 2.91. The van der Waals surface area contributed by atoms with E-state index in [9.17, 15) is 0 Å². The maximum Gasteiger partial charge on any atom is 0.231 e. The van der Waals surface area contributed by atoms with Crippen molar-refractivity contribution in [2.24, 2.45) is 5.84 Å². The van der Waals surface area contributed by atoms with Crippen molar-refractivity contribution in [1.82, 2.24) is 0 Å². The van der Waals surface area contributed by atoms with Gasteiger partial charge in [-0.1, -0.05) is 49.9 Å². The van der Waals surface area contributed by atoms with Crippen LogP contribution in [-0.2, 0) is 6.42 Å². The fourth-order valence-electron chi connectivity index (χ4n) is 2.14. The van der Waals surface area contributed by atoms with Gasteiger partial charge in [-0.05, 0) is 36.2 Å². The molecule has 0 amide bonds. The van der Waals surface area contributed by atoms with Gasteiger partial charge in [-0.25, -0.2) is 5.84 Å². The predicted octanol–water partition coefficient (Wildman–Crippen LogP) is 4.03. The molecule has 0 aromatic heterocycles. The monoisotopic (exact) mass is 345 g/mol. The second-order valence-corrected chi connectivity index (χ2v) is 5.88. The molecular formula is C18H23N3O2S. The molecule has 5 nitrogen and oxygen atoms in total. The Morgan fingerprint density at radius 2 is 1.83 bits per heavy atom. The highest BCUT2D eigenvalue weighted by Gasteiger charge is 2.13. The third-order valence-corrected chi connectivity index (χ3v) is 4.20. The van der Waals surface area contributed by atoms with Gasteiger partial charge in [0.15, 0.2) is 16.7 Å². The van der Waals surface area contributed by atoms with Crippen molar-refractivity contribution >= 4 is 22.6 Å². The molecule has 0 saturated carbocycles. The molecule has 1 heterocycles. The lowest BCUT2D eigenvalue weighted by atomic mass is 10.1. The average molecular weight is 345 g/mol. The van der Waals surface area contributed by atoms with Gasteiger partial charge in [0.05, 0.1) is 5.69 Å². The standard InChI is InChI=1S/C16H17N3O2S.C2H6/c17-16(19(18)13-4-2-1-3-5-13)22-9-8-12-6-7-14-15(10-12)21-11-20-14;1-2/h1-7,10,17H,8-9,11,18H2;1-2H3. The summed E-state index contributed by atoms with van der Waals surface area (Å²) in [5.41, 5.74) is 1.97. The van der Waals surface area contributed by atoms with E-state index in [0.29, 0.717) is 5.17 Å². The Kier molecular flexibility index (Phi) is 6.96. The van der Waals surface area contributed by atoms with E-state index in [-0.39, 0.29) is 6.79 Å². The highest BCUT2D eigenvalue weighted by atomic mass is 32.2. The van der Waals surface area contributed by atoms with Crippen LogP contribution in [0.2, 0.25) is 0 Å². The van der Waals surface area contributed by atoms with Crippen LogP contribution < -0.4 is 20.3 Å². The number of nitrogens with zero attached hydrogens (tertiary/aromatic N) is 1. The smallest absolute Gasteiger partial charge is 0.231 e. The van der Waals surface area contributed by atoms with Gasteiger partial charge in [0.1, 0.15) is 0 Å². The van der Waals surface area contributed by atoms with Gasteiger partial charge in [0, 0.05) is 5.75 Å². The minimum absolute atomic E-state index is 0.289. The molecule has 0 fully saturated rings. The van der Waals surface area contributed by atoms with E-state index in [1.54, 1.807) is 0 Å². The third kappa shape index (κ3) is 4.66. The van der Waals surface area contributed by atoms with Crippen molar-refractivity contribution in [3.8, 4) is 11.5 Å². The Hall–Kier alpha value is -2.18. The number of thioether (sulfide) groups is 1. The Labute approximate surface area is 147 Å². The zero-order valence-corrected chi connectivity index (χ0v) is 14.8. The number of hydrogen-bond donors (Lipinski definition) is 2. The van der Waals surface area contributed by atoms with E-state index in [2.05, 4.69) is 0 Å². The van der Waals surface area contributed by atoms with E-state index < -0.39 is 0 Å². The molecule has 1 aliphatic heterocycles. The Morgan fingerprint density at radius 3 is 2.58 bits per heavy atom. The fraction of sp³-hybridized carbons (Fsp3) is 0.278. The number of nitrogens with one attached hydrogen (secondary N) is 1. The summed E-state index contributed by atoms with van der Waals surface area (Å²) < 4.78 is 10.7. The SMILES string of the molecule is CC.N=C(SCCc1ccc2c(c1)OCO2)N(N)c1ccccc1. The quantitative estimate of drug-likeness (QED) is 0.379. The molecule has 6 heteroatoms. The molecule has 0 aliphatic carbocycles. The summed E-state index contributed by atoms with van der Waals surface area (Å²) in [5.74, 6) is 8.31. The van der Waals surface area contributed by atoms with Gasteiger partial charge in [0.2, 0.25) is 6.79 Å². The molecular weight excluding hydrogens is 322 g/mol. The number of fused-ring (bicyclic) bond motifs is 1. The van der Waals surface area contributed by atoms with Crippen molar-refractivity contribution in [2.45, 2.75) is 20.3 Å². The summed E-state index contributed by atoms with van der Waals surface area (Å²) in [6.07, 6.45) is 0.840. The van der Waals surface area contributed by atoms with Crippen molar-refractivity contribution in [3.05, 3.63) is 54.1 Å². The maximum atomic E-state index is 8.04. The molecule has 0 unspecified atom stereocenters. The summed E-state index contributed by atoms with van der Waals surface area (Å²) in [7, 11) is 0. The topological polar surface area (TPSA) is 71.6 Å². The van der Waals surface area contributed by atoms with Crippen molar-refractivity contribution < 1.29 is 9.47 Å². The number of hydrogen-bond acceptors (Lipinski definition) is 5. The average Bonchev–Trinajstić information content (AvgIpc) is 3.11. The molecule has 0 saturated heterocycles. The van der Waals surface area contributed by atoms with Gasteiger partial charge in [-0.15, -0.1) is 0 Å². The van der Waals surface area contributed by atoms with E-state index in [1.807, 2.05) is 62.4 Å². The van der Waals surface area contributed by atoms with E-state index in [4.69, 9.17) is 20.7 Å². The highest BCUT2D eigenvalue weighted by molar-refractivity contribution is 8.14. The minimum atomic E-state index is 0.289. The first-order chi connectivity index (χ1) is 11.7. The summed E-state index contributed by atoms with van der Waals surface area (Å²) in [5, 5.41) is 9.76. The maximum absolute atomic E-state index is 8.04. The first kappa shape index (κ1) is 18.2. The summed E-state index contributed by atoms with van der Waals surface area (Å²) in [6, 6.07) is 15.4. The number of para-hydroxylation sites is 1. The van der Waals surface area contributed by atoms with Crippen LogP contribution in [0.15, 0.2) is 48.5 Å². The van der Waals surface area contributed by atoms with Crippen molar-refractivity contribution in [3.63, 3.8) is 0 Å². The van der Waals surface area contributed by atoms with Crippen LogP contribution in [0.3, 0.4) is 0 Å². The minimum Gasteiger partial charge on any atom is -0.454 e. The third-order valence-electron chi connectivity index (χ3n) is 3.32. The number of hydrazine groups is 1. The van der Waals surface area contributed by atoms with Crippen LogP contribution in [0.25, 0.3) is 0 Å². The number of rotatable bonds is 4. The van der Waals surface area contributed by atoms with Crippen LogP contribution in [0, 0.1) is 5.41 Å². The molecule has 0 bridgehead atoms. The van der Waals surface area contributed by atoms with Gasteiger partial charge >= 0.3 is 0 Å². The molecule has 3 rings (SSSR count). The lowest BCUT2D eigenvalue weighted by Gasteiger charge is -2.18. The van der Waals surface area contributed by atoms with Gasteiger partial charge in [0.25, 0.3) is 0 Å². The molecule has 128 valence electrons. The predicted molar refractivity (Wildman–Crippen MR) is 101 cm³/mol. The lowest BCUT2D eigenvalue weighted by molar-refractivity contribution is 0.174. The normalized spacial score (nSPS) is 11.5. The summed E-state index contributed by atoms with van der Waals surface area (Å²) >= 11 is 1.42. The van der Waals surface area contributed by atoms with Crippen LogP contribution >= 0.6 is 11.8 Å². The number of nitrogens with two attached hydrogens (primary N) is 1. The summed E-state index contributed by atoms with van der Waals surface area (Å²) in [4.78, 5) is 0. The summed E-state index contributed by atoms with van der Waals surface area (Å²) in [6.45, 7) is 4.29. The van der Waals surface area contributed by atoms with Crippen LogP contribution in [-0.4, -0.2) is 17.7 Å². The second kappa shape index (κ2) is 9.20. The molecule has 24 heavy (non-hydrogen) atoms. The van der Waals surface area contributed by atoms with Crippen LogP contribution in [0.4, 0.5) is 5.69 Å². The van der Waals surface area contributed by atoms with Gasteiger partial charge in [-0.3, -0.25) is 10.4 Å². The Morgan fingerprint density at radius 1 is 1.12 bits per heavy atom. The number of aryl methyl sites for hydroxylation is 1. The zero-order chi connectivity index (χ0) is 17.4. The first-order valence-electron chi connectivity index (χ1n) is 7.94. The second-order valence-electron chi connectivity index (χ2n) is 4.80. The molecule has 3 N–H and O–H groups in total. The highest BCUT2D eigenvalue weighted by Crippen LogP contribution is 2.32. The van der Waals surface area contributed by atoms with E-state index in [0.717, 1.165) is 34.9 Å². The Bertz CT molecular complexity index is 665. The number of ether oxygens (including phenoxy) is 2. The van der Waals surface area contributed by atoms with Crippen molar-refractivity contribution in [2.75, 3.05) is 17.6 Å². The molecule has 1 aliphatic rings. The molecule has 2 aromatic carbocycles. The van der Waals surface area contributed by atoms with Crippen LogP contribution in [0.1, 0.15) is 19.4 Å². The number of anilines is 1. The van der Waals surface area contributed by atoms with E-state index in [1.165, 1.54) is 16.8 Å². The molecule has 0 radical (unpaired) electrons. The molecule has 0 spiro atoms. The van der Waals surface area contributed by atoms with Gasteiger partial charge in [-0.2, -0.15) is 0 Å². The number of amidine groups is 1. The molecule has 0 atom stereocenters. The van der Waals surface area contributed by atoms with Crippen LogP contribution in [0.5, 0.6) is 11.5 Å². The zero-order valence-electron chi connectivity index (χ0n) is 14.0.